The van der Waals surface area contributed by atoms with Crippen LogP contribution in [0.25, 0.3) is 0 Å². The fraction of sp³-hybridized carbons (Fsp3) is 0.250. The average Bonchev–Trinajstić information content (AvgIpc) is 1.83. The van der Waals surface area contributed by atoms with Gasteiger partial charge in [0, 0.05) is 6.07 Å². The number of thiol groups is 1. The van der Waals surface area contributed by atoms with Crippen molar-refractivity contribution in [2.45, 2.75) is 4.90 Å². The summed E-state index contributed by atoms with van der Waals surface area (Å²) in [4.78, 5) is 0.403. The molecule has 1 aromatic rings. The average molecular weight is 188 g/mol. The molecule has 68 valence electrons. The Morgan fingerprint density at radius 2 is 1.83 bits per heavy atom. The van der Waals surface area contributed by atoms with E-state index in [0.717, 1.165) is 0 Å². The minimum absolute atomic E-state index is 0.0234. The summed E-state index contributed by atoms with van der Waals surface area (Å²) < 4.78 is 11.5. The van der Waals surface area contributed by atoms with Crippen molar-refractivity contribution in [2.75, 3.05) is 12.5 Å². The van der Waals surface area contributed by atoms with Gasteiger partial charge in [-0.05, 0) is 24.6 Å². The maximum atomic E-state index is 11.5. The number of hydrogen-bond donors (Lipinski definition) is 3. The highest BCUT2D eigenvalue weighted by molar-refractivity contribution is 8.01. The fourth-order valence-corrected chi connectivity index (χ4v) is 2.02. The van der Waals surface area contributed by atoms with Crippen molar-refractivity contribution in [3.05, 3.63) is 18.2 Å². The highest BCUT2D eigenvalue weighted by atomic mass is 32.2. The molecule has 4 heteroatoms. The standard InChI is InChI=1S/C8H12O3S/c1-12(2,11)8-4-3-6(9)5-7(8)10/h3-5,9-10,12H,1-2H3. The van der Waals surface area contributed by atoms with E-state index in [4.69, 9.17) is 5.11 Å². The van der Waals surface area contributed by atoms with Crippen LogP contribution in [0.5, 0.6) is 11.5 Å². The molecule has 0 fully saturated rings. The van der Waals surface area contributed by atoms with Gasteiger partial charge in [-0.15, -0.1) is 0 Å². The molecule has 0 amide bonds. The van der Waals surface area contributed by atoms with E-state index in [1.165, 1.54) is 18.2 Å². The molecule has 0 unspecified atom stereocenters. The Balaban J connectivity index is 3.28. The van der Waals surface area contributed by atoms with Gasteiger partial charge in [0.25, 0.3) is 0 Å². The zero-order valence-electron chi connectivity index (χ0n) is 6.98. The molecule has 0 aliphatic carbocycles. The van der Waals surface area contributed by atoms with Crippen LogP contribution in [-0.4, -0.2) is 26.9 Å². The number of phenols is 2. The van der Waals surface area contributed by atoms with Gasteiger partial charge in [0.05, 0.1) is 4.90 Å². The predicted molar refractivity (Wildman–Crippen MR) is 49.4 cm³/mol. The van der Waals surface area contributed by atoms with Gasteiger partial charge in [0.1, 0.15) is 11.5 Å². The minimum Gasteiger partial charge on any atom is -0.508 e. The highest BCUT2D eigenvalue weighted by Crippen LogP contribution is 2.28. The monoisotopic (exact) mass is 188 g/mol. The van der Waals surface area contributed by atoms with E-state index in [2.05, 4.69) is 0 Å². The third kappa shape index (κ3) is 1.76. The summed E-state index contributed by atoms with van der Waals surface area (Å²) in [5, 5.41) is 18.2. The molecule has 0 heterocycles. The first-order valence-electron chi connectivity index (χ1n) is 3.49. The molecule has 1 rings (SSSR count). The van der Waals surface area contributed by atoms with Crippen molar-refractivity contribution in [3.63, 3.8) is 0 Å². The van der Waals surface area contributed by atoms with E-state index < -0.39 is 9.93 Å². The van der Waals surface area contributed by atoms with E-state index in [-0.39, 0.29) is 11.5 Å². The van der Waals surface area contributed by atoms with Crippen LogP contribution in [0, 0.1) is 0 Å². The molecular formula is C8H12O3S. The van der Waals surface area contributed by atoms with E-state index in [0.29, 0.717) is 4.90 Å². The molecule has 0 radical (unpaired) electrons. The van der Waals surface area contributed by atoms with E-state index in [1.54, 1.807) is 12.5 Å². The van der Waals surface area contributed by atoms with Gasteiger partial charge in [-0.1, -0.05) is 9.93 Å². The van der Waals surface area contributed by atoms with Gasteiger partial charge in [0.15, 0.2) is 0 Å². The molecule has 0 spiro atoms. The van der Waals surface area contributed by atoms with Gasteiger partial charge < -0.3 is 10.2 Å². The SMILES string of the molecule is C[SH](C)(=O)c1ccc(O)cc1O. The molecule has 12 heavy (non-hydrogen) atoms. The third-order valence-corrected chi connectivity index (χ3v) is 3.08. The topological polar surface area (TPSA) is 57.5 Å². The Labute approximate surface area is 72.1 Å². The number of hydrogen-bond acceptors (Lipinski definition) is 3. The van der Waals surface area contributed by atoms with Crippen LogP contribution in [0.2, 0.25) is 0 Å². The first-order chi connectivity index (χ1) is 5.41. The summed E-state index contributed by atoms with van der Waals surface area (Å²) in [6.45, 7) is 0. The lowest BCUT2D eigenvalue weighted by Gasteiger charge is -2.13. The summed E-state index contributed by atoms with van der Waals surface area (Å²) >= 11 is 0. The van der Waals surface area contributed by atoms with Crippen LogP contribution in [0.4, 0.5) is 0 Å². The van der Waals surface area contributed by atoms with E-state index >= 15 is 0 Å². The van der Waals surface area contributed by atoms with Crippen molar-refractivity contribution in [1.82, 2.24) is 0 Å². The molecule has 3 nitrogen and oxygen atoms in total. The largest absolute Gasteiger partial charge is 0.508 e. The first kappa shape index (κ1) is 9.06. The van der Waals surface area contributed by atoms with Gasteiger partial charge >= 0.3 is 0 Å². The number of phenolic OH excluding ortho intramolecular Hbond substituents is 2. The molecule has 0 bridgehead atoms. The highest BCUT2D eigenvalue weighted by Gasteiger charge is 2.10. The normalized spacial score (nSPS) is 12.8. The number of aromatic hydroxyl groups is 2. The second-order valence-electron chi connectivity index (χ2n) is 3.02. The van der Waals surface area contributed by atoms with Crippen LogP contribution < -0.4 is 0 Å². The molecule has 0 aromatic heterocycles. The van der Waals surface area contributed by atoms with Crippen molar-refractivity contribution < 1.29 is 14.4 Å². The summed E-state index contributed by atoms with van der Waals surface area (Å²) in [6, 6.07) is 4.08. The Morgan fingerprint density at radius 3 is 2.25 bits per heavy atom. The van der Waals surface area contributed by atoms with Crippen molar-refractivity contribution >= 4 is 9.93 Å². The molecular weight excluding hydrogens is 176 g/mol. The second kappa shape index (κ2) is 2.79. The zero-order chi connectivity index (χ0) is 9.35. The summed E-state index contributed by atoms with van der Waals surface area (Å²) in [5.41, 5.74) is 0. The maximum absolute atomic E-state index is 11.5. The molecule has 0 atom stereocenters. The molecule has 0 aliphatic heterocycles. The van der Waals surface area contributed by atoms with Gasteiger partial charge in [0.2, 0.25) is 0 Å². The lowest BCUT2D eigenvalue weighted by molar-refractivity contribution is 0.441. The third-order valence-electron chi connectivity index (χ3n) is 1.54. The smallest absolute Gasteiger partial charge is 0.133 e. The summed E-state index contributed by atoms with van der Waals surface area (Å²) in [6.07, 6.45) is 3.14. The Bertz CT molecular complexity index is 340. The van der Waals surface area contributed by atoms with Crippen molar-refractivity contribution in [3.8, 4) is 11.5 Å². The van der Waals surface area contributed by atoms with Crippen molar-refractivity contribution in [1.29, 1.82) is 0 Å². The minimum atomic E-state index is -2.44. The maximum Gasteiger partial charge on any atom is 0.133 e. The molecule has 0 saturated carbocycles. The first-order valence-corrected chi connectivity index (χ1v) is 6.09. The van der Waals surface area contributed by atoms with Crippen LogP contribution in [0.1, 0.15) is 0 Å². The van der Waals surface area contributed by atoms with Crippen molar-refractivity contribution in [2.24, 2.45) is 0 Å². The van der Waals surface area contributed by atoms with Crippen LogP contribution in [0.3, 0.4) is 0 Å². The van der Waals surface area contributed by atoms with Gasteiger partial charge in [-0.3, -0.25) is 4.21 Å². The zero-order valence-corrected chi connectivity index (χ0v) is 7.88. The van der Waals surface area contributed by atoms with Crippen LogP contribution in [-0.2, 0) is 9.93 Å². The predicted octanol–water partition coefficient (Wildman–Crippen LogP) is 0.733. The summed E-state index contributed by atoms with van der Waals surface area (Å²) in [5.74, 6) is -0.131. The molecule has 1 aromatic carbocycles. The Hall–Kier alpha value is -1.03. The lowest BCUT2D eigenvalue weighted by atomic mass is 10.3. The number of benzene rings is 1. The lowest BCUT2D eigenvalue weighted by Crippen LogP contribution is -2.06. The Morgan fingerprint density at radius 1 is 1.25 bits per heavy atom. The van der Waals surface area contributed by atoms with Gasteiger partial charge in [-0.25, -0.2) is 0 Å². The van der Waals surface area contributed by atoms with E-state index in [9.17, 15) is 9.32 Å². The second-order valence-corrected chi connectivity index (χ2v) is 6.21. The molecule has 2 N–H and O–H groups in total. The number of rotatable bonds is 1. The van der Waals surface area contributed by atoms with Crippen LogP contribution in [0.15, 0.2) is 23.1 Å². The molecule has 0 saturated heterocycles. The van der Waals surface area contributed by atoms with Gasteiger partial charge in [-0.2, -0.15) is 0 Å². The molecule has 0 aliphatic rings. The fourth-order valence-electron chi connectivity index (χ4n) is 0.967. The summed E-state index contributed by atoms with van der Waals surface area (Å²) in [7, 11) is -2.44. The van der Waals surface area contributed by atoms with Crippen LogP contribution >= 0.6 is 0 Å². The van der Waals surface area contributed by atoms with E-state index in [1.807, 2.05) is 0 Å². The Kier molecular flexibility index (Phi) is 2.10. The quantitative estimate of drug-likeness (QED) is 0.569.